The van der Waals surface area contributed by atoms with Crippen LogP contribution in [0.3, 0.4) is 0 Å². The second kappa shape index (κ2) is 4.43. The molecule has 19 heavy (non-hydrogen) atoms. The first kappa shape index (κ1) is 12.3. The third kappa shape index (κ3) is 1.85. The Morgan fingerprint density at radius 1 is 1.53 bits per heavy atom. The number of carboxylic acid groups (broad SMARTS) is 1. The Bertz CT molecular complexity index is 753. The third-order valence-electron chi connectivity index (χ3n) is 3.09. The van der Waals surface area contributed by atoms with Crippen molar-refractivity contribution in [1.82, 2.24) is 9.55 Å². The van der Waals surface area contributed by atoms with Gasteiger partial charge in [-0.1, -0.05) is 0 Å². The number of rotatable bonds is 1. The normalized spacial score (nSPS) is 14.4. The van der Waals surface area contributed by atoms with Gasteiger partial charge in [0.1, 0.15) is 11.1 Å². The lowest BCUT2D eigenvalue weighted by Crippen LogP contribution is -2.29. The highest BCUT2D eigenvalue weighted by Crippen LogP contribution is 2.21. The van der Waals surface area contributed by atoms with E-state index in [1.54, 1.807) is 10.6 Å². The Morgan fingerprint density at radius 3 is 3.05 bits per heavy atom. The van der Waals surface area contributed by atoms with Gasteiger partial charge in [-0.2, -0.15) is 0 Å². The molecule has 0 spiro atoms. The van der Waals surface area contributed by atoms with Crippen molar-refractivity contribution in [2.45, 2.75) is 13.2 Å². The molecule has 0 amide bonds. The van der Waals surface area contributed by atoms with Crippen molar-refractivity contribution in [2.24, 2.45) is 0 Å². The van der Waals surface area contributed by atoms with Crippen LogP contribution in [-0.2, 0) is 17.9 Å². The quantitative estimate of drug-likeness (QED) is 0.857. The summed E-state index contributed by atoms with van der Waals surface area (Å²) in [6, 6.07) is 1.77. The van der Waals surface area contributed by atoms with E-state index in [0.29, 0.717) is 24.4 Å². The predicted molar refractivity (Wildman–Crippen MR) is 70.3 cm³/mol. The molecular weight excluding hydrogens is 316 g/mol. The molecular formula is C12H9BrN2O4. The molecule has 3 heterocycles. The van der Waals surface area contributed by atoms with E-state index in [1.807, 2.05) is 0 Å². The zero-order valence-corrected chi connectivity index (χ0v) is 11.3. The largest absolute Gasteiger partial charge is 0.477 e. The van der Waals surface area contributed by atoms with Crippen molar-refractivity contribution in [3.63, 3.8) is 0 Å². The van der Waals surface area contributed by atoms with E-state index in [-0.39, 0.29) is 17.7 Å². The minimum Gasteiger partial charge on any atom is -0.477 e. The minimum absolute atomic E-state index is 0.124. The summed E-state index contributed by atoms with van der Waals surface area (Å²) in [5, 5.41) is 9.23. The van der Waals surface area contributed by atoms with Crippen molar-refractivity contribution in [2.75, 3.05) is 6.61 Å². The molecule has 1 aliphatic rings. The van der Waals surface area contributed by atoms with Crippen LogP contribution in [0.25, 0.3) is 11.0 Å². The first-order valence-corrected chi connectivity index (χ1v) is 6.41. The van der Waals surface area contributed by atoms with Crippen molar-refractivity contribution in [1.29, 1.82) is 0 Å². The fourth-order valence-electron chi connectivity index (χ4n) is 2.29. The molecule has 2 aromatic rings. The van der Waals surface area contributed by atoms with E-state index >= 15 is 0 Å². The van der Waals surface area contributed by atoms with Crippen LogP contribution in [-0.4, -0.2) is 27.2 Å². The molecule has 7 heteroatoms. The monoisotopic (exact) mass is 324 g/mol. The summed E-state index contributed by atoms with van der Waals surface area (Å²) in [7, 11) is 0. The average Bonchev–Trinajstić information content (AvgIpc) is 2.38. The molecule has 0 aromatic carbocycles. The first-order valence-electron chi connectivity index (χ1n) is 5.61. The second-order valence-corrected chi connectivity index (χ2v) is 5.10. The van der Waals surface area contributed by atoms with Crippen LogP contribution in [0.5, 0.6) is 0 Å². The molecule has 3 rings (SSSR count). The summed E-state index contributed by atoms with van der Waals surface area (Å²) < 4.78 is 7.80. The van der Waals surface area contributed by atoms with E-state index in [2.05, 4.69) is 20.9 Å². The molecule has 98 valence electrons. The van der Waals surface area contributed by atoms with Gasteiger partial charge in [-0.3, -0.25) is 4.79 Å². The highest BCUT2D eigenvalue weighted by atomic mass is 79.9. The van der Waals surface area contributed by atoms with Crippen molar-refractivity contribution in [3.8, 4) is 0 Å². The molecule has 0 fully saturated rings. The lowest BCUT2D eigenvalue weighted by atomic mass is 10.1. The highest BCUT2D eigenvalue weighted by Gasteiger charge is 2.24. The summed E-state index contributed by atoms with van der Waals surface area (Å²) in [5.41, 5.74) is 0.388. The number of carbonyl (C=O) groups is 1. The smallest absolute Gasteiger partial charge is 0.341 e. The standard InChI is InChI=1S/C12H9BrN2O4/c13-6-3-7-10(14-4-6)11(16)9(12(17)18)8-5-19-2-1-15(7)8/h3-4H,1-2,5H2,(H,17,18). The number of halogens is 1. The van der Waals surface area contributed by atoms with Gasteiger partial charge in [0.15, 0.2) is 0 Å². The fourth-order valence-corrected chi connectivity index (χ4v) is 2.61. The highest BCUT2D eigenvalue weighted by molar-refractivity contribution is 9.10. The molecule has 1 N–H and O–H groups in total. The molecule has 1 aliphatic heterocycles. The molecule has 6 nitrogen and oxygen atoms in total. The second-order valence-electron chi connectivity index (χ2n) is 4.18. The van der Waals surface area contributed by atoms with Crippen LogP contribution >= 0.6 is 15.9 Å². The maximum Gasteiger partial charge on any atom is 0.341 e. The van der Waals surface area contributed by atoms with Crippen LogP contribution in [0.15, 0.2) is 21.5 Å². The Balaban J connectivity index is 2.51. The summed E-state index contributed by atoms with van der Waals surface area (Å²) in [6.07, 6.45) is 1.49. The molecule has 0 unspecified atom stereocenters. The van der Waals surface area contributed by atoms with Gasteiger partial charge in [0, 0.05) is 17.2 Å². The molecule has 0 saturated carbocycles. The number of ether oxygens (including phenoxy) is 1. The Morgan fingerprint density at radius 2 is 2.32 bits per heavy atom. The number of aromatic carboxylic acids is 1. The van der Waals surface area contributed by atoms with Gasteiger partial charge in [-0.05, 0) is 22.0 Å². The van der Waals surface area contributed by atoms with Crippen molar-refractivity contribution < 1.29 is 14.6 Å². The lowest BCUT2D eigenvalue weighted by Gasteiger charge is -2.23. The van der Waals surface area contributed by atoms with Crippen LogP contribution in [0.2, 0.25) is 0 Å². The van der Waals surface area contributed by atoms with Gasteiger partial charge in [-0.15, -0.1) is 0 Å². The maximum atomic E-state index is 12.2. The molecule has 0 bridgehead atoms. The SMILES string of the molecule is O=C(O)c1c2n(c3cc(Br)cnc3c1=O)CCOC2. The van der Waals surface area contributed by atoms with Gasteiger partial charge in [0.05, 0.1) is 24.4 Å². The number of carboxylic acids is 1. The van der Waals surface area contributed by atoms with E-state index in [0.717, 1.165) is 4.47 Å². The number of nitrogens with zero attached hydrogens (tertiary/aromatic N) is 2. The summed E-state index contributed by atoms with van der Waals surface area (Å²) in [6.45, 7) is 1.11. The van der Waals surface area contributed by atoms with Gasteiger partial charge < -0.3 is 14.4 Å². The van der Waals surface area contributed by atoms with E-state index < -0.39 is 11.4 Å². The topological polar surface area (TPSA) is 81.4 Å². The molecule has 0 saturated heterocycles. The maximum absolute atomic E-state index is 12.2. The van der Waals surface area contributed by atoms with Gasteiger partial charge in [-0.25, -0.2) is 9.78 Å². The predicted octanol–water partition coefficient (Wildman–Crippen LogP) is 1.39. The lowest BCUT2D eigenvalue weighted by molar-refractivity contribution is 0.0654. The van der Waals surface area contributed by atoms with Gasteiger partial charge in [0.25, 0.3) is 0 Å². The summed E-state index contributed by atoms with van der Waals surface area (Å²) in [4.78, 5) is 27.6. The third-order valence-corrected chi connectivity index (χ3v) is 3.53. The van der Waals surface area contributed by atoms with Crippen LogP contribution in [0.1, 0.15) is 16.1 Å². The number of hydrogen-bond donors (Lipinski definition) is 1. The zero-order valence-electron chi connectivity index (χ0n) is 9.72. The summed E-state index contributed by atoms with van der Waals surface area (Å²) >= 11 is 3.31. The van der Waals surface area contributed by atoms with E-state index in [1.165, 1.54) is 6.20 Å². The summed E-state index contributed by atoms with van der Waals surface area (Å²) in [5.74, 6) is -1.24. The molecule has 0 radical (unpaired) electrons. The Labute approximate surface area is 115 Å². The van der Waals surface area contributed by atoms with Gasteiger partial charge >= 0.3 is 5.97 Å². The van der Waals surface area contributed by atoms with Crippen LogP contribution in [0.4, 0.5) is 0 Å². The van der Waals surface area contributed by atoms with E-state index in [9.17, 15) is 14.7 Å². The number of fused-ring (bicyclic) bond motifs is 3. The van der Waals surface area contributed by atoms with Crippen LogP contribution in [0, 0.1) is 0 Å². The number of pyridine rings is 2. The first-order chi connectivity index (χ1) is 9.09. The van der Waals surface area contributed by atoms with Crippen LogP contribution < -0.4 is 5.43 Å². The van der Waals surface area contributed by atoms with Crippen molar-refractivity contribution in [3.05, 3.63) is 38.2 Å². The molecule has 0 aliphatic carbocycles. The zero-order chi connectivity index (χ0) is 13.6. The molecule has 0 atom stereocenters. The fraction of sp³-hybridized carbons (Fsp3) is 0.250. The average molecular weight is 325 g/mol. The minimum atomic E-state index is -1.24. The Hall–Kier alpha value is -1.73. The Kier molecular flexibility index (Phi) is 2.87. The van der Waals surface area contributed by atoms with E-state index in [4.69, 9.17) is 4.74 Å². The van der Waals surface area contributed by atoms with Crippen molar-refractivity contribution >= 4 is 32.9 Å². The number of hydrogen-bond acceptors (Lipinski definition) is 4. The molecule has 2 aromatic heterocycles. The number of aromatic nitrogens is 2. The van der Waals surface area contributed by atoms with Gasteiger partial charge in [0.2, 0.25) is 5.43 Å².